The molecule has 3 nitrogen and oxygen atoms in total. The summed E-state index contributed by atoms with van der Waals surface area (Å²) in [6.07, 6.45) is 13.0. The van der Waals surface area contributed by atoms with Gasteiger partial charge in [0.15, 0.2) is 0 Å². The van der Waals surface area contributed by atoms with E-state index in [9.17, 15) is 10.2 Å². The lowest BCUT2D eigenvalue weighted by Crippen LogP contribution is -2.57. The zero-order valence-corrected chi connectivity index (χ0v) is 21.9. The van der Waals surface area contributed by atoms with Crippen LogP contribution in [0.2, 0.25) is 0 Å². The zero-order valence-electron chi connectivity index (χ0n) is 21.9. The van der Waals surface area contributed by atoms with Crippen LogP contribution >= 0.6 is 0 Å². The van der Waals surface area contributed by atoms with Crippen molar-refractivity contribution >= 4 is 0 Å². The number of fused-ring (bicyclic) bond motifs is 5. The molecule has 4 rings (SSSR count). The molecule has 0 bridgehead atoms. The molecule has 0 spiro atoms. The monoisotopic (exact) mass is 448 g/mol. The minimum Gasteiger partial charge on any atom is -0.393 e. The molecular formula is C29H52O3. The van der Waals surface area contributed by atoms with Gasteiger partial charge in [-0.1, -0.05) is 34.6 Å². The number of hydrogen-bond acceptors (Lipinski definition) is 3. The number of rotatable bonds is 7. The molecule has 0 aromatic rings. The summed E-state index contributed by atoms with van der Waals surface area (Å²) in [7, 11) is 1.72. The van der Waals surface area contributed by atoms with Crippen LogP contribution in [-0.4, -0.2) is 35.6 Å². The summed E-state index contributed by atoms with van der Waals surface area (Å²) in [5, 5.41) is 22.1. The number of methoxy groups -OCH3 is 1. The van der Waals surface area contributed by atoms with Gasteiger partial charge in [-0.3, -0.25) is 0 Å². The van der Waals surface area contributed by atoms with Gasteiger partial charge in [0, 0.05) is 7.11 Å². The summed E-state index contributed by atoms with van der Waals surface area (Å²) in [6.45, 7) is 12.6. The van der Waals surface area contributed by atoms with E-state index in [1.807, 2.05) is 0 Å². The highest BCUT2D eigenvalue weighted by Gasteiger charge is 2.61. The van der Waals surface area contributed by atoms with E-state index < -0.39 is 5.60 Å². The summed E-state index contributed by atoms with van der Waals surface area (Å²) < 4.78 is 5.39. The molecule has 4 saturated carbocycles. The molecule has 2 N–H and O–H groups in total. The average molecular weight is 449 g/mol. The Labute approximate surface area is 198 Å². The third kappa shape index (κ3) is 4.22. The minimum atomic E-state index is -0.602. The fourth-order valence-corrected chi connectivity index (χ4v) is 9.66. The molecule has 0 amide bonds. The summed E-state index contributed by atoms with van der Waals surface area (Å²) in [6, 6.07) is 0. The van der Waals surface area contributed by atoms with E-state index in [0.717, 1.165) is 49.9 Å². The van der Waals surface area contributed by atoms with E-state index in [1.165, 1.54) is 38.5 Å². The first-order chi connectivity index (χ1) is 15.0. The molecule has 0 aromatic heterocycles. The van der Waals surface area contributed by atoms with E-state index in [2.05, 4.69) is 34.6 Å². The maximum absolute atomic E-state index is 11.1. The fraction of sp³-hybridized carbons (Fsp3) is 1.00. The van der Waals surface area contributed by atoms with Crippen LogP contribution in [0.4, 0.5) is 0 Å². The maximum Gasteiger partial charge on any atom is 0.0883 e. The van der Waals surface area contributed by atoms with Crippen LogP contribution in [0.3, 0.4) is 0 Å². The largest absolute Gasteiger partial charge is 0.393 e. The first-order valence-corrected chi connectivity index (χ1v) is 13.9. The molecule has 3 heteroatoms. The Morgan fingerprint density at radius 1 is 0.875 bits per heavy atom. The van der Waals surface area contributed by atoms with Gasteiger partial charge in [0.05, 0.1) is 18.3 Å². The van der Waals surface area contributed by atoms with Crippen molar-refractivity contribution in [3.8, 4) is 0 Å². The van der Waals surface area contributed by atoms with Crippen LogP contribution < -0.4 is 0 Å². The molecule has 186 valence electrons. The Kier molecular flexibility index (Phi) is 7.15. The van der Waals surface area contributed by atoms with Gasteiger partial charge < -0.3 is 14.9 Å². The molecule has 0 heterocycles. The van der Waals surface area contributed by atoms with Gasteiger partial charge in [-0.2, -0.15) is 0 Å². The number of aliphatic hydroxyl groups excluding tert-OH is 1. The second-order valence-electron chi connectivity index (χ2n) is 13.6. The molecule has 0 aliphatic heterocycles. The van der Waals surface area contributed by atoms with E-state index in [1.54, 1.807) is 7.11 Å². The number of hydrogen-bond donors (Lipinski definition) is 2. The SMILES string of the molecule is COC[C@]1(O)CCC2(C)[C@@H](CC[C@@H]3[C@@H]2CC[C@]2(C)[C@@H]([C@H](C)[C@@H](O)CCC(C)C)CC[C@@H]32)C1. The Bertz CT molecular complexity index is 648. The van der Waals surface area contributed by atoms with Crippen molar-refractivity contribution in [2.24, 2.45) is 52.3 Å². The van der Waals surface area contributed by atoms with E-state index in [-0.39, 0.29) is 6.10 Å². The van der Waals surface area contributed by atoms with Crippen LogP contribution in [0, 0.1) is 52.3 Å². The lowest BCUT2D eigenvalue weighted by molar-refractivity contribution is -0.164. The molecule has 4 aliphatic carbocycles. The van der Waals surface area contributed by atoms with Gasteiger partial charge in [-0.15, -0.1) is 0 Å². The van der Waals surface area contributed by atoms with Crippen molar-refractivity contribution in [1.82, 2.24) is 0 Å². The fourth-order valence-electron chi connectivity index (χ4n) is 9.66. The number of ether oxygens (including phenoxy) is 1. The maximum atomic E-state index is 11.1. The van der Waals surface area contributed by atoms with Gasteiger partial charge in [0.25, 0.3) is 0 Å². The first kappa shape index (κ1) is 25.0. The highest BCUT2D eigenvalue weighted by atomic mass is 16.5. The van der Waals surface area contributed by atoms with E-state index in [4.69, 9.17) is 4.74 Å². The highest BCUT2D eigenvalue weighted by molar-refractivity contribution is 5.11. The molecule has 10 atom stereocenters. The van der Waals surface area contributed by atoms with Crippen molar-refractivity contribution in [2.45, 2.75) is 117 Å². The third-order valence-corrected chi connectivity index (χ3v) is 11.6. The Balaban J connectivity index is 1.47. The lowest BCUT2D eigenvalue weighted by atomic mass is 9.43. The highest BCUT2D eigenvalue weighted by Crippen LogP contribution is 2.68. The standard InChI is InChI=1S/C29H52O3/c1-19(2)7-12-26(30)20(3)23-10-11-24-22-9-8-21-17-29(31,18-32-6)16-15-27(21,4)25(22)13-14-28(23,24)5/h19-26,30-31H,7-18H2,1-6H3/t20-,21-,22-,23+,24-,25-,26-,27?,28+,29-/m0/s1. The Hall–Kier alpha value is -0.120. The normalized spacial score (nSPS) is 48.1. The van der Waals surface area contributed by atoms with Crippen molar-refractivity contribution in [3.05, 3.63) is 0 Å². The minimum absolute atomic E-state index is 0.138. The van der Waals surface area contributed by atoms with Crippen molar-refractivity contribution in [3.63, 3.8) is 0 Å². The molecule has 0 saturated heterocycles. The molecule has 32 heavy (non-hydrogen) atoms. The molecule has 4 aliphatic rings. The van der Waals surface area contributed by atoms with Gasteiger partial charge in [0.1, 0.15) is 0 Å². The number of aliphatic hydroxyl groups is 2. The topological polar surface area (TPSA) is 49.7 Å². The van der Waals surface area contributed by atoms with Gasteiger partial charge in [-0.05, 0) is 123 Å². The lowest BCUT2D eigenvalue weighted by Gasteiger charge is -2.62. The van der Waals surface area contributed by atoms with Crippen molar-refractivity contribution in [1.29, 1.82) is 0 Å². The summed E-state index contributed by atoms with van der Waals surface area (Å²) >= 11 is 0. The van der Waals surface area contributed by atoms with Crippen molar-refractivity contribution in [2.75, 3.05) is 13.7 Å². The quantitative estimate of drug-likeness (QED) is 0.470. The summed E-state index contributed by atoms with van der Waals surface area (Å²) in [5.41, 5.74) is 0.202. The summed E-state index contributed by atoms with van der Waals surface area (Å²) in [4.78, 5) is 0. The zero-order chi connectivity index (χ0) is 23.3. The van der Waals surface area contributed by atoms with Crippen LogP contribution in [0.5, 0.6) is 0 Å². The van der Waals surface area contributed by atoms with Crippen LogP contribution in [0.1, 0.15) is 105 Å². The molecule has 0 aromatic carbocycles. The second-order valence-corrected chi connectivity index (χ2v) is 13.6. The van der Waals surface area contributed by atoms with Crippen molar-refractivity contribution < 1.29 is 14.9 Å². The van der Waals surface area contributed by atoms with Gasteiger partial charge >= 0.3 is 0 Å². The van der Waals surface area contributed by atoms with Crippen LogP contribution in [-0.2, 0) is 4.74 Å². The van der Waals surface area contributed by atoms with E-state index in [0.29, 0.717) is 41.1 Å². The summed E-state index contributed by atoms with van der Waals surface area (Å²) in [5.74, 6) is 4.94. The first-order valence-electron chi connectivity index (χ1n) is 13.9. The van der Waals surface area contributed by atoms with E-state index >= 15 is 0 Å². The predicted octanol–water partition coefficient (Wildman–Crippen LogP) is 6.46. The Morgan fingerprint density at radius 3 is 2.28 bits per heavy atom. The smallest absolute Gasteiger partial charge is 0.0883 e. The predicted molar refractivity (Wildman–Crippen MR) is 131 cm³/mol. The molecule has 0 radical (unpaired) electrons. The average Bonchev–Trinajstić information content (AvgIpc) is 3.09. The molecule has 1 unspecified atom stereocenters. The Morgan fingerprint density at radius 2 is 1.59 bits per heavy atom. The third-order valence-electron chi connectivity index (χ3n) is 11.6. The van der Waals surface area contributed by atoms with Crippen LogP contribution in [0.25, 0.3) is 0 Å². The van der Waals surface area contributed by atoms with Gasteiger partial charge in [0.2, 0.25) is 0 Å². The molecule has 4 fully saturated rings. The second kappa shape index (κ2) is 9.15. The van der Waals surface area contributed by atoms with Gasteiger partial charge in [-0.25, -0.2) is 0 Å². The van der Waals surface area contributed by atoms with Crippen LogP contribution in [0.15, 0.2) is 0 Å². The molecular weight excluding hydrogens is 396 g/mol.